The fraction of sp³-hybridized carbons (Fsp3) is 0.240. The standard InChI is InChI=1S/C25H26N2O4/c1-29-20-11-9-19(10-12-20)26-25(28)27-14-13-18-15-22(30-2)23(31-3)16-21(18)24(27)17-7-5-4-6-8-17/h4-12,15-16,24H,13-14H2,1-3H3,(H,26,28)/t24-/m1/s1. The van der Waals surface area contributed by atoms with E-state index < -0.39 is 0 Å². The van der Waals surface area contributed by atoms with Crippen molar-refractivity contribution >= 4 is 11.7 Å². The molecule has 0 radical (unpaired) electrons. The molecule has 0 aliphatic carbocycles. The Hall–Kier alpha value is -3.67. The molecule has 0 spiro atoms. The van der Waals surface area contributed by atoms with E-state index in [9.17, 15) is 4.79 Å². The summed E-state index contributed by atoms with van der Waals surface area (Å²) in [6.45, 7) is 0.587. The van der Waals surface area contributed by atoms with Crippen LogP contribution in [0.1, 0.15) is 22.7 Å². The number of amides is 2. The average Bonchev–Trinajstić information content (AvgIpc) is 2.83. The number of nitrogens with one attached hydrogen (secondary N) is 1. The second kappa shape index (κ2) is 9.00. The molecule has 0 bridgehead atoms. The maximum Gasteiger partial charge on any atom is 0.322 e. The van der Waals surface area contributed by atoms with Gasteiger partial charge in [-0.25, -0.2) is 4.79 Å². The van der Waals surface area contributed by atoms with Gasteiger partial charge in [0.2, 0.25) is 0 Å². The number of anilines is 1. The van der Waals surface area contributed by atoms with Gasteiger partial charge in [0.1, 0.15) is 5.75 Å². The molecule has 0 saturated heterocycles. The SMILES string of the molecule is COc1ccc(NC(=O)N2CCc3cc(OC)c(OC)cc3[C@H]2c2ccccc2)cc1. The van der Waals surface area contributed by atoms with E-state index >= 15 is 0 Å². The highest BCUT2D eigenvalue weighted by atomic mass is 16.5. The third kappa shape index (κ3) is 4.14. The third-order valence-electron chi connectivity index (χ3n) is 5.59. The number of nitrogens with zero attached hydrogens (tertiary/aromatic N) is 1. The fourth-order valence-electron chi connectivity index (χ4n) is 4.03. The Morgan fingerprint density at radius 2 is 1.58 bits per heavy atom. The number of urea groups is 1. The van der Waals surface area contributed by atoms with Gasteiger partial charge in [-0.1, -0.05) is 30.3 Å². The Labute approximate surface area is 182 Å². The first-order valence-electron chi connectivity index (χ1n) is 10.2. The van der Waals surface area contributed by atoms with Gasteiger partial charge in [-0.2, -0.15) is 0 Å². The van der Waals surface area contributed by atoms with Crippen molar-refractivity contribution in [3.05, 3.63) is 83.4 Å². The summed E-state index contributed by atoms with van der Waals surface area (Å²) in [6.07, 6.45) is 0.731. The lowest BCUT2D eigenvalue weighted by Crippen LogP contribution is -2.43. The molecule has 31 heavy (non-hydrogen) atoms. The highest BCUT2D eigenvalue weighted by molar-refractivity contribution is 5.90. The number of ether oxygens (including phenoxy) is 3. The number of rotatable bonds is 5. The van der Waals surface area contributed by atoms with Crippen molar-refractivity contribution in [2.24, 2.45) is 0 Å². The van der Waals surface area contributed by atoms with E-state index in [2.05, 4.69) is 5.32 Å². The summed E-state index contributed by atoms with van der Waals surface area (Å²) < 4.78 is 16.2. The zero-order valence-corrected chi connectivity index (χ0v) is 17.9. The maximum atomic E-state index is 13.3. The first-order chi connectivity index (χ1) is 15.1. The summed E-state index contributed by atoms with van der Waals surface area (Å²) in [4.78, 5) is 15.2. The molecule has 1 aliphatic rings. The van der Waals surface area contributed by atoms with Crippen LogP contribution in [0.5, 0.6) is 17.2 Å². The fourth-order valence-corrected chi connectivity index (χ4v) is 4.03. The van der Waals surface area contributed by atoms with Gasteiger partial charge in [0.15, 0.2) is 11.5 Å². The van der Waals surface area contributed by atoms with Gasteiger partial charge in [0.25, 0.3) is 0 Å². The minimum Gasteiger partial charge on any atom is -0.497 e. The normalized spacial score (nSPS) is 15.1. The zero-order valence-electron chi connectivity index (χ0n) is 17.9. The van der Waals surface area contributed by atoms with Crippen LogP contribution in [0.2, 0.25) is 0 Å². The molecule has 160 valence electrons. The van der Waals surface area contributed by atoms with Gasteiger partial charge in [-0.05, 0) is 59.5 Å². The average molecular weight is 418 g/mol. The van der Waals surface area contributed by atoms with Gasteiger partial charge in [0, 0.05) is 12.2 Å². The molecule has 2 amide bonds. The maximum absolute atomic E-state index is 13.3. The van der Waals surface area contributed by atoms with Crippen LogP contribution in [-0.2, 0) is 6.42 Å². The minimum atomic E-state index is -0.233. The summed E-state index contributed by atoms with van der Waals surface area (Å²) in [5.41, 5.74) is 3.95. The molecule has 0 fully saturated rings. The van der Waals surface area contributed by atoms with Gasteiger partial charge < -0.3 is 24.4 Å². The predicted octanol–water partition coefficient (Wildman–Crippen LogP) is 4.89. The first-order valence-corrected chi connectivity index (χ1v) is 10.2. The van der Waals surface area contributed by atoms with Gasteiger partial charge in [0.05, 0.1) is 27.4 Å². The molecule has 6 heteroatoms. The molecule has 6 nitrogen and oxygen atoms in total. The van der Waals surface area contributed by atoms with Crippen LogP contribution in [-0.4, -0.2) is 38.8 Å². The molecule has 0 aromatic heterocycles. The van der Waals surface area contributed by atoms with Crippen molar-refractivity contribution in [3.63, 3.8) is 0 Å². The number of hydrogen-bond acceptors (Lipinski definition) is 4. The molecule has 0 saturated carbocycles. The van der Waals surface area contributed by atoms with E-state index in [0.717, 1.165) is 34.5 Å². The van der Waals surface area contributed by atoms with Gasteiger partial charge in [-0.15, -0.1) is 0 Å². The van der Waals surface area contributed by atoms with E-state index in [4.69, 9.17) is 14.2 Å². The van der Waals surface area contributed by atoms with Crippen molar-refractivity contribution in [2.45, 2.75) is 12.5 Å². The summed E-state index contributed by atoms with van der Waals surface area (Å²) in [6, 6.07) is 21.0. The molecular formula is C25H26N2O4. The predicted molar refractivity (Wildman–Crippen MR) is 120 cm³/mol. The van der Waals surface area contributed by atoms with Crippen LogP contribution in [0.3, 0.4) is 0 Å². The molecule has 4 rings (SSSR count). The lowest BCUT2D eigenvalue weighted by atomic mass is 9.88. The number of benzene rings is 3. The number of carbonyl (C=O) groups excluding carboxylic acids is 1. The Bertz CT molecular complexity index is 1050. The summed E-state index contributed by atoms with van der Waals surface area (Å²) in [5.74, 6) is 2.09. The lowest BCUT2D eigenvalue weighted by Gasteiger charge is -2.38. The van der Waals surface area contributed by atoms with Crippen LogP contribution in [0.15, 0.2) is 66.7 Å². The number of hydrogen-bond donors (Lipinski definition) is 1. The van der Waals surface area contributed by atoms with Crippen LogP contribution < -0.4 is 19.5 Å². The van der Waals surface area contributed by atoms with Crippen LogP contribution in [0, 0.1) is 0 Å². The number of methoxy groups -OCH3 is 3. The second-order valence-corrected chi connectivity index (χ2v) is 7.32. The van der Waals surface area contributed by atoms with Crippen molar-refractivity contribution < 1.29 is 19.0 Å². The van der Waals surface area contributed by atoms with Crippen LogP contribution in [0.25, 0.3) is 0 Å². The zero-order chi connectivity index (χ0) is 21.8. The van der Waals surface area contributed by atoms with Crippen molar-refractivity contribution in [1.29, 1.82) is 0 Å². The van der Waals surface area contributed by atoms with E-state index in [1.807, 2.05) is 71.6 Å². The van der Waals surface area contributed by atoms with Gasteiger partial charge >= 0.3 is 6.03 Å². The molecular weight excluding hydrogens is 392 g/mol. The highest BCUT2D eigenvalue weighted by Gasteiger charge is 2.33. The summed E-state index contributed by atoms with van der Waals surface area (Å²) in [7, 11) is 4.88. The smallest absolute Gasteiger partial charge is 0.322 e. The Morgan fingerprint density at radius 1 is 0.903 bits per heavy atom. The van der Waals surface area contributed by atoms with E-state index in [0.29, 0.717) is 18.0 Å². The van der Waals surface area contributed by atoms with Crippen molar-refractivity contribution in [3.8, 4) is 17.2 Å². The van der Waals surface area contributed by atoms with E-state index in [-0.39, 0.29) is 12.1 Å². The molecule has 3 aromatic rings. The quantitative estimate of drug-likeness (QED) is 0.641. The minimum absolute atomic E-state index is 0.153. The van der Waals surface area contributed by atoms with Crippen LogP contribution >= 0.6 is 0 Å². The molecule has 1 heterocycles. The Balaban J connectivity index is 1.71. The van der Waals surface area contributed by atoms with Crippen LogP contribution in [0.4, 0.5) is 10.5 Å². The lowest BCUT2D eigenvalue weighted by molar-refractivity contribution is 0.193. The third-order valence-corrected chi connectivity index (χ3v) is 5.59. The molecule has 1 N–H and O–H groups in total. The van der Waals surface area contributed by atoms with E-state index in [1.54, 1.807) is 21.3 Å². The topological polar surface area (TPSA) is 60.0 Å². The molecule has 0 unspecified atom stereocenters. The summed E-state index contributed by atoms with van der Waals surface area (Å²) >= 11 is 0. The molecule has 1 aliphatic heterocycles. The number of carbonyl (C=O) groups is 1. The molecule has 3 aromatic carbocycles. The monoisotopic (exact) mass is 418 g/mol. The molecule has 1 atom stereocenters. The highest BCUT2D eigenvalue weighted by Crippen LogP contribution is 2.41. The Kier molecular flexibility index (Phi) is 5.98. The Morgan fingerprint density at radius 3 is 2.23 bits per heavy atom. The summed E-state index contributed by atoms with van der Waals surface area (Å²) in [5, 5.41) is 3.02. The van der Waals surface area contributed by atoms with Gasteiger partial charge in [-0.3, -0.25) is 0 Å². The van der Waals surface area contributed by atoms with Crippen molar-refractivity contribution in [1.82, 2.24) is 4.90 Å². The first kappa shape index (κ1) is 20.6. The number of fused-ring (bicyclic) bond motifs is 1. The second-order valence-electron chi connectivity index (χ2n) is 7.32. The van der Waals surface area contributed by atoms with E-state index in [1.165, 1.54) is 0 Å². The largest absolute Gasteiger partial charge is 0.497 e. The van der Waals surface area contributed by atoms with Crippen molar-refractivity contribution in [2.75, 3.05) is 33.2 Å².